The van der Waals surface area contributed by atoms with E-state index >= 15 is 0 Å². The Hall–Kier alpha value is -3.94. The summed E-state index contributed by atoms with van der Waals surface area (Å²) in [6, 6.07) is 21.0. The lowest BCUT2D eigenvalue weighted by Gasteiger charge is -2.34. The Morgan fingerprint density at radius 1 is 1.08 bits per heavy atom. The zero-order chi connectivity index (χ0) is 25.3. The van der Waals surface area contributed by atoms with Crippen LogP contribution in [0, 0.1) is 0 Å². The molecule has 0 amide bonds. The number of anilines is 1. The monoisotopic (exact) mass is 491 g/mol. The SMILES string of the molecule is CCOc1nc2cccc(C(=O)O)c2n1Cc1ccc(-c2cccc(N3CCCC(F)(F)C3)c2)cc1. The molecule has 0 unspecified atom stereocenters. The van der Waals surface area contributed by atoms with E-state index in [1.165, 1.54) is 0 Å². The van der Waals surface area contributed by atoms with E-state index in [4.69, 9.17) is 4.74 Å². The van der Waals surface area contributed by atoms with Gasteiger partial charge in [-0.05, 0) is 54.3 Å². The summed E-state index contributed by atoms with van der Waals surface area (Å²) in [6.07, 6.45) is 0.415. The third-order valence-corrected chi connectivity index (χ3v) is 6.47. The quantitative estimate of drug-likeness (QED) is 0.339. The van der Waals surface area contributed by atoms with Gasteiger partial charge >= 0.3 is 5.97 Å². The minimum Gasteiger partial charge on any atom is -0.478 e. The number of hydrogen-bond acceptors (Lipinski definition) is 4. The lowest BCUT2D eigenvalue weighted by atomic mass is 10.0. The summed E-state index contributed by atoms with van der Waals surface area (Å²) in [5.41, 5.74) is 4.91. The Morgan fingerprint density at radius 2 is 1.86 bits per heavy atom. The molecule has 5 rings (SSSR count). The Bertz CT molecular complexity index is 1400. The van der Waals surface area contributed by atoms with Gasteiger partial charge in [-0.3, -0.25) is 4.57 Å². The Balaban J connectivity index is 1.43. The molecule has 1 aromatic heterocycles. The van der Waals surface area contributed by atoms with E-state index in [1.54, 1.807) is 27.7 Å². The van der Waals surface area contributed by atoms with Crippen LogP contribution in [0.15, 0.2) is 66.7 Å². The number of hydrogen-bond donors (Lipinski definition) is 1. The smallest absolute Gasteiger partial charge is 0.337 e. The van der Waals surface area contributed by atoms with E-state index < -0.39 is 11.9 Å². The fraction of sp³-hybridized carbons (Fsp3) is 0.286. The number of carboxylic acid groups (broad SMARTS) is 1. The first kappa shape index (κ1) is 23.8. The number of rotatable bonds is 7. The molecule has 186 valence electrons. The van der Waals surface area contributed by atoms with Gasteiger partial charge in [-0.1, -0.05) is 42.5 Å². The zero-order valence-electron chi connectivity index (χ0n) is 20.0. The maximum atomic E-state index is 13.9. The number of piperidine rings is 1. The van der Waals surface area contributed by atoms with Gasteiger partial charge in [0.05, 0.1) is 36.3 Å². The molecule has 3 aromatic carbocycles. The molecule has 1 aliphatic rings. The normalized spacial score (nSPS) is 15.2. The minimum atomic E-state index is -2.66. The number of benzene rings is 3. The summed E-state index contributed by atoms with van der Waals surface area (Å²) < 4.78 is 35.3. The largest absolute Gasteiger partial charge is 0.478 e. The summed E-state index contributed by atoms with van der Waals surface area (Å²) in [4.78, 5) is 18.1. The van der Waals surface area contributed by atoms with E-state index in [1.807, 2.05) is 55.5 Å². The van der Waals surface area contributed by atoms with Gasteiger partial charge in [0.25, 0.3) is 11.9 Å². The van der Waals surface area contributed by atoms with Gasteiger partial charge in [-0.15, -0.1) is 0 Å². The minimum absolute atomic E-state index is 0.0597. The van der Waals surface area contributed by atoms with E-state index in [0.717, 1.165) is 22.4 Å². The van der Waals surface area contributed by atoms with Crippen LogP contribution in [0.25, 0.3) is 22.2 Å². The second-order valence-electron chi connectivity index (χ2n) is 9.02. The van der Waals surface area contributed by atoms with Gasteiger partial charge in [0, 0.05) is 18.7 Å². The van der Waals surface area contributed by atoms with Crippen molar-refractivity contribution in [2.75, 3.05) is 24.6 Å². The number of halogens is 2. The van der Waals surface area contributed by atoms with Crippen LogP contribution in [0.3, 0.4) is 0 Å². The van der Waals surface area contributed by atoms with Crippen LogP contribution >= 0.6 is 0 Å². The van der Waals surface area contributed by atoms with Gasteiger partial charge in [-0.2, -0.15) is 4.98 Å². The average molecular weight is 492 g/mol. The number of imidazole rings is 1. The third-order valence-electron chi connectivity index (χ3n) is 6.47. The molecule has 0 atom stereocenters. The molecule has 0 bridgehead atoms. The first-order valence-electron chi connectivity index (χ1n) is 12.0. The molecule has 1 saturated heterocycles. The second kappa shape index (κ2) is 9.60. The first-order valence-corrected chi connectivity index (χ1v) is 12.0. The molecular weight excluding hydrogens is 464 g/mol. The van der Waals surface area contributed by atoms with Gasteiger partial charge in [0.1, 0.15) is 0 Å². The van der Waals surface area contributed by atoms with Crippen molar-refractivity contribution in [2.24, 2.45) is 0 Å². The maximum Gasteiger partial charge on any atom is 0.337 e. The molecule has 1 fully saturated rings. The summed E-state index contributed by atoms with van der Waals surface area (Å²) >= 11 is 0. The molecule has 4 aromatic rings. The van der Waals surface area contributed by atoms with E-state index in [9.17, 15) is 18.7 Å². The number of para-hydroxylation sites is 1. The fourth-order valence-corrected chi connectivity index (χ4v) is 4.78. The Morgan fingerprint density at radius 3 is 2.58 bits per heavy atom. The molecule has 0 aliphatic carbocycles. The van der Waals surface area contributed by atoms with Gasteiger partial charge in [0.2, 0.25) is 0 Å². The van der Waals surface area contributed by atoms with Crippen molar-refractivity contribution in [1.29, 1.82) is 0 Å². The van der Waals surface area contributed by atoms with Crippen LogP contribution < -0.4 is 9.64 Å². The number of carbonyl (C=O) groups is 1. The highest BCUT2D eigenvalue weighted by Crippen LogP contribution is 2.32. The van der Waals surface area contributed by atoms with E-state index in [0.29, 0.717) is 43.2 Å². The predicted molar refractivity (Wildman–Crippen MR) is 135 cm³/mol. The van der Waals surface area contributed by atoms with Crippen LogP contribution in [0.1, 0.15) is 35.7 Å². The molecule has 1 N–H and O–H groups in total. The van der Waals surface area contributed by atoms with Crippen molar-refractivity contribution in [2.45, 2.75) is 32.2 Å². The van der Waals surface area contributed by atoms with Crippen molar-refractivity contribution < 1.29 is 23.4 Å². The summed E-state index contributed by atoms with van der Waals surface area (Å²) in [6.45, 7) is 3.02. The standard InChI is InChI=1S/C28H27F2N3O3/c1-2-36-27-31-24-9-4-8-23(26(34)35)25(24)33(27)17-19-10-12-20(13-11-19)21-6-3-7-22(16-21)32-15-5-14-28(29,30)18-32/h3-4,6-13,16H,2,5,14-15,17-18H2,1H3,(H,34,35). The van der Waals surface area contributed by atoms with Crippen molar-refractivity contribution in [3.05, 3.63) is 77.9 Å². The molecule has 0 radical (unpaired) electrons. The van der Waals surface area contributed by atoms with E-state index in [-0.39, 0.29) is 18.5 Å². The highest BCUT2D eigenvalue weighted by molar-refractivity contribution is 6.01. The molecule has 0 spiro atoms. The molecule has 36 heavy (non-hydrogen) atoms. The third kappa shape index (κ3) is 4.76. The number of alkyl halides is 2. The fourth-order valence-electron chi connectivity index (χ4n) is 4.78. The lowest BCUT2D eigenvalue weighted by molar-refractivity contribution is -0.0116. The topological polar surface area (TPSA) is 67.6 Å². The number of fused-ring (bicyclic) bond motifs is 1. The van der Waals surface area contributed by atoms with Crippen LogP contribution in [0.4, 0.5) is 14.5 Å². The Labute approximate surface area is 207 Å². The van der Waals surface area contributed by atoms with Crippen LogP contribution in [-0.2, 0) is 6.54 Å². The van der Waals surface area contributed by atoms with Crippen molar-refractivity contribution in [3.63, 3.8) is 0 Å². The highest BCUT2D eigenvalue weighted by atomic mass is 19.3. The maximum absolute atomic E-state index is 13.9. The van der Waals surface area contributed by atoms with Crippen LogP contribution in [-0.4, -0.2) is 46.2 Å². The number of aromatic nitrogens is 2. The number of ether oxygens (including phenoxy) is 1. The van der Waals surface area contributed by atoms with Gasteiger partial charge in [-0.25, -0.2) is 13.6 Å². The Kier molecular flexibility index (Phi) is 6.35. The van der Waals surface area contributed by atoms with Crippen LogP contribution in [0.5, 0.6) is 6.01 Å². The van der Waals surface area contributed by atoms with Crippen molar-refractivity contribution in [3.8, 4) is 17.1 Å². The lowest BCUT2D eigenvalue weighted by Crippen LogP contribution is -2.42. The molecule has 8 heteroatoms. The number of carboxylic acids is 1. The van der Waals surface area contributed by atoms with Crippen molar-refractivity contribution in [1.82, 2.24) is 9.55 Å². The average Bonchev–Trinajstić information content (AvgIpc) is 3.21. The predicted octanol–water partition coefficient (Wildman–Crippen LogP) is 6.08. The van der Waals surface area contributed by atoms with Gasteiger partial charge in [0.15, 0.2) is 0 Å². The van der Waals surface area contributed by atoms with Crippen LogP contribution in [0.2, 0.25) is 0 Å². The molecule has 2 heterocycles. The summed E-state index contributed by atoms with van der Waals surface area (Å²) in [5.74, 6) is -3.68. The molecule has 0 saturated carbocycles. The summed E-state index contributed by atoms with van der Waals surface area (Å²) in [7, 11) is 0. The second-order valence-corrected chi connectivity index (χ2v) is 9.02. The molecule has 6 nitrogen and oxygen atoms in total. The first-order chi connectivity index (χ1) is 17.3. The number of nitrogens with zero attached hydrogens (tertiary/aromatic N) is 3. The number of aromatic carboxylic acids is 1. The molecule has 1 aliphatic heterocycles. The van der Waals surface area contributed by atoms with Crippen molar-refractivity contribution >= 4 is 22.7 Å². The van der Waals surface area contributed by atoms with Gasteiger partial charge < -0.3 is 14.7 Å². The summed E-state index contributed by atoms with van der Waals surface area (Å²) in [5, 5.41) is 9.69. The van der Waals surface area contributed by atoms with E-state index in [2.05, 4.69) is 4.98 Å². The zero-order valence-corrected chi connectivity index (χ0v) is 20.0. The highest BCUT2D eigenvalue weighted by Gasteiger charge is 2.35. The molecular formula is C28H27F2N3O3.